The van der Waals surface area contributed by atoms with Crippen molar-refractivity contribution in [1.29, 1.82) is 0 Å². The maximum absolute atomic E-state index is 11.7. The summed E-state index contributed by atoms with van der Waals surface area (Å²) in [7, 11) is 0. The normalized spacial score (nSPS) is 20.6. The van der Waals surface area contributed by atoms with Crippen LogP contribution in [0.1, 0.15) is 45.9 Å². The third-order valence-corrected chi connectivity index (χ3v) is 3.91. The van der Waals surface area contributed by atoms with Gasteiger partial charge in [-0.3, -0.25) is 9.88 Å². The molecule has 2 atom stereocenters. The maximum atomic E-state index is 11.7. The monoisotopic (exact) mass is 305 g/mol. The molecule has 1 aliphatic heterocycles. The average Bonchev–Trinajstić information content (AvgIpc) is 2.92. The summed E-state index contributed by atoms with van der Waals surface area (Å²) < 4.78 is 5.27. The summed E-state index contributed by atoms with van der Waals surface area (Å²) in [5.74, 6) is 0.471. The standard InChI is InChI=1S/C17H27N3O2/c1-13(15-7-5-6-9-18-15)20-10-8-14(12-20)11-19-16(21)22-17(2,3)4/h5-7,9,13-14H,8,10-12H2,1-4H3,(H,19,21)/t13-,14+/m1/s1. The number of rotatable bonds is 4. The fourth-order valence-electron chi connectivity index (χ4n) is 2.73. The van der Waals surface area contributed by atoms with E-state index < -0.39 is 5.60 Å². The number of carbonyl (C=O) groups excluding carboxylic acids is 1. The molecule has 1 N–H and O–H groups in total. The Morgan fingerprint density at radius 1 is 1.50 bits per heavy atom. The molecular weight excluding hydrogens is 278 g/mol. The number of nitrogens with zero attached hydrogens (tertiary/aromatic N) is 2. The third kappa shape index (κ3) is 4.98. The van der Waals surface area contributed by atoms with Crippen LogP contribution in [0.4, 0.5) is 4.79 Å². The molecule has 0 radical (unpaired) electrons. The highest BCUT2D eigenvalue weighted by atomic mass is 16.6. The van der Waals surface area contributed by atoms with E-state index in [1.54, 1.807) is 0 Å². The molecule has 1 aliphatic rings. The lowest BCUT2D eigenvalue weighted by Gasteiger charge is -2.24. The van der Waals surface area contributed by atoms with Crippen molar-refractivity contribution in [2.24, 2.45) is 5.92 Å². The SMILES string of the molecule is C[C@H](c1ccccn1)N1CC[C@@H](CNC(=O)OC(C)(C)C)C1. The lowest BCUT2D eigenvalue weighted by atomic mass is 10.1. The van der Waals surface area contributed by atoms with Crippen LogP contribution in [0.5, 0.6) is 0 Å². The molecule has 0 aromatic carbocycles. The number of likely N-dealkylation sites (tertiary alicyclic amines) is 1. The Balaban J connectivity index is 1.77. The fourth-order valence-corrected chi connectivity index (χ4v) is 2.73. The number of hydrogen-bond donors (Lipinski definition) is 1. The van der Waals surface area contributed by atoms with E-state index >= 15 is 0 Å². The number of carbonyl (C=O) groups is 1. The maximum Gasteiger partial charge on any atom is 0.407 e. The van der Waals surface area contributed by atoms with Gasteiger partial charge in [0.25, 0.3) is 0 Å². The Bertz CT molecular complexity index is 484. The zero-order valence-electron chi connectivity index (χ0n) is 14.0. The topological polar surface area (TPSA) is 54.5 Å². The molecule has 2 heterocycles. The number of aromatic nitrogens is 1. The van der Waals surface area contributed by atoms with Crippen LogP contribution < -0.4 is 5.32 Å². The number of hydrogen-bond acceptors (Lipinski definition) is 4. The van der Waals surface area contributed by atoms with E-state index in [4.69, 9.17) is 4.74 Å². The Labute approximate surface area is 133 Å². The molecule has 1 aromatic rings. The summed E-state index contributed by atoms with van der Waals surface area (Å²) in [5, 5.41) is 2.88. The smallest absolute Gasteiger partial charge is 0.407 e. The van der Waals surface area contributed by atoms with Gasteiger partial charge in [-0.2, -0.15) is 0 Å². The van der Waals surface area contributed by atoms with Gasteiger partial charge in [0.15, 0.2) is 0 Å². The second-order valence-corrected chi connectivity index (χ2v) is 6.96. The molecule has 0 saturated carbocycles. The summed E-state index contributed by atoms with van der Waals surface area (Å²) in [5.41, 5.74) is 0.655. The van der Waals surface area contributed by atoms with Gasteiger partial charge in [0.05, 0.1) is 5.69 Å². The molecule has 5 nitrogen and oxygen atoms in total. The average molecular weight is 305 g/mol. The van der Waals surface area contributed by atoms with Crippen molar-refractivity contribution >= 4 is 6.09 Å². The van der Waals surface area contributed by atoms with Crippen LogP contribution in [0.25, 0.3) is 0 Å². The predicted octanol–water partition coefficient (Wildman–Crippen LogP) is 2.99. The minimum atomic E-state index is -0.445. The van der Waals surface area contributed by atoms with Crippen molar-refractivity contribution in [3.05, 3.63) is 30.1 Å². The van der Waals surface area contributed by atoms with E-state index in [2.05, 4.69) is 28.2 Å². The van der Waals surface area contributed by atoms with Crippen LogP contribution in [-0.2, 0) is 4.74 Å². The van der Waals surface area contributed by atoms with Crippen LogP contribution in [0, 0.1) is 5.92 Å². The predicted molar refractivity (Wildman–Crippen MR) is 86.6 cm³/mol. The first-order valence-corrected chi connectivity index (χ1v) is 7.97. The number of nitrogens with one attached hydrogen (secondary N) is 1. The van der Waals surface area contributed by atoms with Gasteiger partial charge in [-0.25, -0.2) is 4.79 Å². The second-order valence-electron chi connectivity index (χ2n) is 6.96. The Morgan fingerprint density at radius 2 is 2.27 bits per heavy atom. The van der Waals surface area contributed by atoms with Crippen molar-refractivity contribution in [2.75, 3.05) is 19.6 Å². The zero-order valence-corrected chi connectivity index (χ0v) is 14.0. The minimum absolute atomic E-state index is 0.313. The zero-order chi connectivity index (χ0) is 16.2. The van der Waals surface area contributed by atoms with Crippen molar-refractivity contribution in [3.63, 3.8) is 0 Å². The summed E-state index contributed by atoms with van der Waals surface area (Å²) in [6.07, 6.45) is 2.60. The van der Waals surface area contributed by atoms with Crippen molar-refractivity contribution in [3.8, 4) is 0 Å². The fraction of sp³-hybridized carbons (Fsp3) is 0.647. The molecule has 0 bridgehead atoms. The molecule has 1 saturated heterocycles. The molecule has 1 fully saturated rings. The molecule has 22 heavy (non-hydrogen) atoms. The van der Waals surface area contributed by atoms with Crippen LogP contribution >= 0.6 is 0 Å². The number of amides is 1. The Kier molecular flexibility index (Phi) is 5.40. The van der Waals surface area contributed by atoms with E-state index in [0.717, 1.165) is 25.2 Å². The molecule has 0 aliphatic carbocycles. The first-order valence-electron chi connectivity index (χ1n) is 7.97. The van der Waals surface area contributed by atoms with Crippen molar-refractivity contribution in [2.45, 2.75) is 45.8 Å². The van der Waals surface area contributed by atoms with Crippen LogP contribution in [0.15, 0.2) is 24.4 Å². The first kappa shape index (κ1) is 16.7. The highest BCUT2D eigenvalue weighted by Crippen LogP contribution is 2.25. The first-order chi connectivity index (χ1) is 10.3. The van der Waals surface area contributed by atoms with Gasteiger partial charge < -0.3 is 10.1 Å². The molecular formula is C17H27N3O2. The van der Waals surface area contributed by atoms with Gasteiger partial charge in [0, 0.05) is 25.3 Å². The minimum Gasteiger partial charge on any atom is -0.444 e. The van der Waals surface area contributed by atoms with Gasteiger partial charge in [0.2, 0.25) is 0 Å². The molecule has 0 unspecified atom stereocenters. The van der Waals surface area contributed by atoms with Crippen LogP contribution in [0.3, 0.4) is 0 Å². The van der Waals surface area contributed by atoms with E-state index in [0.29, 0.717) is 18.5 Å². The molecule has 1 aromatic heterocycles. The van der Waals surface area contributed by atoms with Gasteiger partial charge in [-0.05, 0) is 58.7 Å². The van der Waals surface area contributed by atoms with Crippen molar-refractivity contribution < 1.29 is 9.53 Å². The molecule has 122 valence electrons. The summed E-state index contributed by atoms with van der Waals surface area (Å²) in [6.45, 7) is 10.5. The summed E-state index contributed by atoms with van der Waals surface area (Å²) in [6, 6.07) is 6.34. The van der Waals surface area contributed by atoms with Crippen LogP contribution in [-0.4, -0.2) is 41.2 Å². The summed E-state index contributed by atoms with van der Waals surface area (Å²) in [4.78, 5) is 18.5. The lowest BCUT2D eigenvalue weighted by Crippen LogP contribution is -2.36. The van der Waals surface area contributed by atoms with Gasteiger partial charge >= 0.3 is 6.09 Å². The van der Waals surface area contributed by atoms with Gasteiger partial charge in [-0.15, -0.1) is 0 Å². The number of ether oxygens (including phenoxy) is 1. The van der Waals surface area contributed by atoms with E-state index in [1.165, 1.54) is 0 Å². The highest BCUT2D eigenvalue weighted by Gasteiger charge is 2.28. The molecule has 0 spiro atoms. The summed E-state index contributed by atoms with van der Waals surface area (Å²) >= 11 is 0. The van der Waals surface area contributed by atoms with E-state index in [1.807, 2.05) is 39.1 Å². The lowest BCUT2D eigenvalue weighted by molar-refractivity contribution is 0.0519. The highest BCUT2D eigenvalue weighted by molar-refractivity contribution is 5.67. The Morgan fingerprint density at radius 3 is 2.91 bits per heavy atom. The van der Waals surface area contributed by atoms with Gasteiger partial charge in [0.1, 0.15) is 5.60 Å². The second kappa shape index (κ2) is 7.09. The third-order valence-electron chi connectivity index (χ3n) is 3.91. The van der Waals surface area contributed by atoms with Crippen LogP contribution in [0.2, 0.25) is 0 Å². The molecule has 2 rings (SSSR count). The van der Waals surface area contributed by atoms with E-state index in [9.17, 15) is 4.79 Å². The van der Waals surface area contributed by atoms with Gasteiger partial charge in [-0.1, -0.05) is 6.07 Å². The van der Waals surface area contributed by atoms with Crippen molar-refractivity contribution in [1.82, 2.24) is 15.2 Å². The number of pyridine rings is 1. The largest absolute Gasteiger partial charge is 0.444 e. The molecule has 1 amide bonds. The van der Waals surface area contributed by atoms with E-state index in [-0.39, 0.29) is 6.09 Å². The number of alkyl carbamates (subject to hydrolysis) is 1. The Hall–Kier alpha value is -1.62. The molecule has 5 heteroatoms. The quantitative estimate of drug-likeness (QED) is 0.929.